The van der Waals surface area contributed by atoms with Crippen LogP contribution in [0.5, 0.6) is 5.75 Å². The number of benzene rings is 2. The highest BCUT2D eigenvalue weighted by Crippen LogP contribution is 2.39. The fourth-order valence-corrected chi connectivity index (χ4v) is 3.49. The Hall–Kier alpha value is -3.28. The zero-order chi connectivity index (χ0) is 19.0. The van der Waals surface area contributed by atoms with Gasteiger partial charge in [-0.2, -0.15) is 0 Å². The number of hydrogen-bond acceptors (Lipinski definition) is 4. The van der Waals surface area contributed by atoms with E-state index < -0.39 is 5.82 Å². The molecular formula is C21H17FN2O3. The fourth-order valence-electron chi connectivity index (χ4n) is 3.49. The summed E-state index contributed by atoms with van der Waals surface area (Å²) in [6.07, 6.45) is 1.94. The number of pyridine rings is 1. The lowest BCUT2D eigenvalue weighted by Gasteiger charge is -2.12. The van der Waals surface area contributed by atoms with Gasteiger partial charge >= 0.3 is 0 Å². The van der Waals surface area contributed by atoms with Gasteiger partial charge in [-0.25, -0.2) is 4.39 Å². The van der Waals surface area contributed by atoms with Crippen molar-refractivity contribution in [3.63, 3.8) is 0 Å². The molecule has 2 aromatic carbocycles. The summed E-state index contributed by atoms with van der Waals surface area (Å²) in [7, 11) is 0. The van der Waals surface area contributed by atoms with E-state index in [9.17, 15) is 14.0 Å². The first-order valence-corrected chi connectivity index (χ1v) is 8.66. The van der Waals surface area contributed by atoms with Crippen molar-refractivity contribution in [3.05, 3.63) is 65.6 Å². The minimum Gasteiger partial charge on any atom is -0.483 e. The van der Waals surface area contributed by atoms with Crippen LogP contribution in [0.25, 0.3) is 10.9 Å². The average Bonchev–Trinajstić information content (AvgIpc) is 2.97. The molecule has 6 heteroatoms. The monoisotopic (exact) mass is 364 g/mol. The Morgan fingerprint density at radius 3 is 2.96 bits per heavy atom. The van der Waals surface area contributed by atoms with Crippen LogP contribution < -0.4 is 10.1 Å². The van der Waals surface area contributed by atoms with E-state index in [-0.39, 0.29) is 41.9 Å². The van der Waals surface area contributed by atoms with Crippen LogP contribution in [0.15, 0.2) is 48.7 Å². The predicted molar refractivity (Wildman–Crippen MR) is 99.6 cm³/mol. The largest absolute Gasteiger partial charge is 0.483 e. The number of nitrogens with zero attached hydrogens (tertiary/aromatic N) is 1. The van der Waals surface area contributed by atoms with Crippen LogP contribution in [0.1, 0.15) is 35.2 Å². The van der Waals surface area contributed by atoms with E-state index in [2.05, 4.69) is 10.3 Å². The molecule has 1 aliphatic rings. The van der Waals surface area contributed by atoms with Crippen molar-refractivity contribution in [2.45, 2.75) is 19.3 Å². The zero-order valence-electron chi connectivity index (χ0n) is 14.7. The van der Waals surface area contributed by atoms with Gasteiger partial charge in [-0.1, -0.05) is 13.0 Å². The lowest BCUT2D eigenvalue weighted by atomic mass is 10.0. The number of halogens is 1. The molecule has 4 rings (SSSR count). The highest BCUT2D eigenvalue weighted by Gasteiger charge is 2.32. The summed E-state index contributed by atoms with van der Waals surface area (Å²) in [5.74, 6) is -0.887. The van der Waals surface area contributed by atoms with Crippen molar-refractivity contribution in [2.24, 2.45) is 0 Å². The van der Waals surface area contributed by atoms with E-state index in [1.165, 1.54) is 12.1 Å². The molecule has 1 atom stereocenters. The summed E-state index contributed by atoms with van der Waals surface area (Å²) < 4.78 is 19.6. The third-order valence-electron chi connectivity index (χ3n) is 4.70. The highest BCUT2D eigenvalue weighted by molar-refractivity contribution is 6.04. The molecule has 0 radical (unpaired) electrons. The molecule has 0 saturated heterocycles. The number of aromatic nitrogens is 1. The van der Waals surface area contributed by atoms with Gasteiger partial charge in [-0.15, -0.1) is 0 Å². The summed E-state index contributed by atoms with van der Waals surface area (Å²) in [4.78, 5) is 28.8. The SMILES string of the molecule is C[C@H]1CC(=O)c2c(OCC(=O)Nc3cccc4ncccc34)ccc(F)c21. The predicted octanol–water partition coefficient (Wildman–Crippen LogP) is 4.08. The second-order valence-corrected chi connectivity index (χ2v) is 6.58. The van der Waals surface area contributed by atoms with Gasteiger partial charge in [0, 0.05) is 23.6 Å². The summed E-state index contributed by atoms with van der Waals surface area (Å²) in [5.41, 5.74) is 2.03. The number of carbonyl (C=O) groups is 2. The second-order valence-electron chi connectivity index (χ2n) is 6.58. The zero-order valence-corrected chi connectivity index (χ0v) is 14.7. The van der Waals surface area contributed by atoms with Crippen molar-refractivity contribution >= 4 is 28.3 Å². The number of ketones is 1. The van der Waals surface area contributed by atoms with Crippen LogP contribution in [0, 0.1) is 5.82 Å². The highest BCUT2D eigenvalue weighted by atomic mass is 19.1. The van der Waals surface area contributed by atoms with Crippen LogP contribution in [-0.2, 0) is 4.79 Å². The number of carbonyl (C=O) groups excluding carboxylic acids is 2. The molecule has 3 aromatic rings. The molecule has 136 valence electrons. The van der Waals surface area contributed by atoms with Gasteiger partial charge in [0.1, 0.15) is 11.6 Å². The van der Waals surface area contributed by atoms with Crippen molar-refractivity contribution in [2.75, 3.05) is 11.9 Å². The first-order valence-electron chi connectivity index (χ1n) is 8.66. The van der Waals surface area contributed by atoms with Crippen LogP contribution >= 0.6 is 0 Å². The van der Waals surface area contributed by atoms with Crippen LogP contribution in [-0.4, -0.2) is 23.3 Å². The fraction of sp³-hybridized carbons (Fsp3) is 0.190. The van der Waals surface area contributed by atoms with Crippen molar-refractivity contribution in [1.82, 2.24) is 4.98 Å². The van der Waals surface area contributed by atoms with E-state index >= 15 is 0 Å². The summed E-state index contributed by atoms with van der Waals surface area (Å²) in [6.45, 7) is 1.52. The molecule has 1 amide bonds. The summed E-state index contributed by atoms with van der Waals surface area (Å²) in [6, 6.07) is 11.8. The smallest absolute Gasteiger partial charge is 0.262 e. The number of amides is 1. The molecule has 0 saturated carbocycles. The minimum atomic E-state index is -0.414. The minimum absolute atomic E-state index is 0.160. The van der Waals surface area contributed by atoms with Gasteiger partial charge < -0.3 is 10.1 Å². The lowest BCUT2D eigenvalue weighted by Crippen LogP contribution is -2.21. The number of Topliss-reactive ketones (excluding diaryl/α,β-unsaturated/α-hetero) is 1. The Morgan fingerprint density at radius 1 is 1.26 bits per heavy atom. The summed E-state index contributed by atoms with van der Waals surface area (Å²) >= 11 is 0. The van der Waals surface area contributed by atoms with Gasteiger partial charge in [-0.3, -0.25) is 14.6 Å². The molecule has 1 aliphatic carbocycles. The number of fused-ring (bicyclic) bond motifs is 2. The topological polar surface area (TPSA) is 68.3 Å². The molecule has 27 heavy (non-hydrogen) atoms. The molecule has 1 aromatic heterocycles. The van der Waals surface area contributed by atoms with E-state index in [0.717, 1.165) is 10.9 Å². The Balaban J connectivity index is 1.52. The van der Waals surface area contributed by atoms with Gasteiger partial charge in [0.05, 0.1) is 16.8 Å². The molecule has 0 fully saturated rings. The molecule has 0 aliphatic heterocycles. The van der Waals surface area contributed by atoms with E-state index in [1.54, 1.807) is 31.3 Å². The lowest BCUT2D eigenvalue weighted by molar-refractivity contribution is -0.118. The number of hydrogen-bond donors (Lipinski definition) is 1. The van der Waals surface area contributed by atoms with Crippen molar-refractivity contribution in [3.8, 4) is 5.75 Å². The van der Waals surface area contributed by atoms with Crippen LogP contribution in [0.4, 0.5) is 10.1 Å². The first kappa shape index (κ1) is 17.1. The quantitative estimate of drug-likeness (QED) is 0.757. The number of ether oxygens (including phenoxy) is 1. The summed E-state index contributed by atoms with van der Waals surface area (Å²) in [5, 5.41) is 3.61. The number of rotatable bonds is 4. The average molecular weight is 364 g/mol. The first-order chi connectivity index (χ1) is 13.0. The number of nitrogens with one attached hydrogen (secondary N) is 1. The Kier molecular flexibility index (Phi) is 4.32. The maximum Gasteiger partial charge on any atom is 0.262 e. The molecule has 5 nitrogen and oxygen atoms in total. The number of anilines is 1. The Morgan fingerprint density at radius 2 is 2.11 bits per heavy atom. The Bertz CT molecular complexity index is 1060. The van der Waals surface area contributed by atoms with Crippen molar-refractivity contribution < 1.29 is 18.7 Å². The van der Waals surface area contributed by atoms with Crippen LogP contribution in [0.2, 0.25) is 0 Å². The molecule has 0 bridgehead atoms. The normalized spacial score (nSPS) is 15.6. The third kappa shape index (κ3) is 3.14. The Labute approximate surface area is 155 Å². The van der Waals surface area contributed by atoms with Gasteiger partial charge in [0.25, 0.3) is 5.91 Å². The van der Waals surface area contributed by atoms with Crippen LogP contribution in [0.3, 0.4) is 0 Å². The molecule has 1 heterocycles. The van der Waals surface area contributed by atoms with Gasteiger partial charge in [0.2, 0.25) is 0 Å². The molecular weight excluding hydrogens is 347 g/mol. The third-order valence-corrected chi connectivity index (χ3v) is 4.70. The van der Waals surface area contributed by atoms with E-state index in [4.69, 9.17) is 4.74 Å². The maximum atomic E-state index is 14.0. The molecule has 0 unspecified atom stereocenters. The maximum absolute atomic E-state index is 14.0. The standard InChI is InChI=1S/C21H17FN2O3/c1-12-10-17(25)21-18(8-7-14(22)20(12)21)27-11-19(26)24-16-6-2-5-15-13(16)4-3-9-23-15/h2-9,12H,10-11H2,1H3,(H,24,26)/t12-/m0/s1. The van der Waals surface area contributed by atoms with Gasteiger partial charge in [0.15, 0.2) is 12.4 Å². The second kappa shape index (κ2) is 6.79. The molecule has 1 N–H and O–H groups in total. The van der Waals surface area contributed by atoms with Gasteiger partial charge in [-0.05, 0) is 42.3 Å². The van der Waals surface area contributed by atoms with E-state index in [1.807, 2.05) is 12.1 Å². The molecule has 0 spiro atoms. The van der Waals surface area contributed by atoms with Crippen molar-refractivity contribution in [1.29, 1.82) is 0 Å². The van der Waals surface area contributed by atoms with E-state index in [0.29, 0.717) is 11.3 Å².